The monoisotopic (exact) mass is 186 g/mol. The lowest BCUT2D eigenvalue weighted by atomic mass is 9.90. The van der Waals surface area contributed by atoms with Crippen LogP contribution < -0.4 is 5.73 Å². The second-order valence-corrected chi connectivity index (χ2v) is 4.26. The van der Waals surface area contributed by atoms with E-state index >= 15 is 0 Å². The molecule has 0 aromatic rings. The second-order valence-electron chi connectivity index (χ2n) is 4.26. The van der Waals surface area contributed by atoms with Gasteiger partial charge in [-0.3, -0.25) is 4.90 Å². The van der Waals surface area contributed by atoms with Crippen molar-refractivity contribution in [2.45, 2.75) is 38.8 Å². The van der Waals surface area contributed by atoms with Crippen LogP contribution in [0.5, 0.6) is 0 Å². The number of likely N-dealkylation sites (tertiary alicyclic amines) is 1. The molecule has 3 heteroatoms. The summed E-state index contributed by atoms with van der Waals surface area (Å²) in [7, 11) is 0. The molecule has 1 rings (SSSR count). The molecule has 1 heterocycles. The first-order chi connectivity index (χ1) is 6.15. The Morgan fingerprint density at radius 2 is 1.92 bits per heavy atom. The van der Waals surface area contributed by atoms with Crippen molar-refractivity contribution in [3.63, 3.8) is 0 Å². The molecule has 78 valence electrons. The first kappa shape index (κ1) is 11.0. The van der Waals surface area contributed by atoms with Crippen LogP contribution in [-0.2, 0) is 0 Å². The first-order valence-corrected chi connectivity index (χ1v) is 5.25. The number of nitrogens with zero attached hydrogens (tertiary/aromatic N) is 1. The maximum Gasteiger partial charge on any atom is 0.0584 e. The smallest absolute Gasteiger partial charge is 0.0584 e. The third kappa shape index (κ3) is 2.93. The summed E-state index contributed by atoms with van der Waals surface area (Å²) in [4.78, 5) is 2.35. The highest BCUT2D eigenvalue weighted by atomic mass is 16.3. The summed E-state index contributed by atoms with van der Waals surface area (Å²) in [5.74, 6) is 0.683. The van der Waals surface area contributed by atoms with Crippen LogP contribution in [0.25, 0.3) is 0 Å². The van der Waals surface area contributed by atoms with Gasteiger partial charge in [-0.25, -0.2) is 0 Å². The van der Waals surface area contributed by atoms with Crippen LogP contribution in [0.4, 0.5) is 0 Å². The summed E-state index contributed by atoms with van der Waals surface area (Å²) >= 11 is 0. The fourth-order valence-corrected chi connectivity index (χ4v) is 2.00. The minimum absolute atomic E-state index is 0.267. The van der Waals surface area contributed by atoms with Crippen LogP contribution in [0.1, 0.15) is 26.7 Å². The second kappa shape index (κ2) is 4.94. The van der Waals surface area contributed by atoms with Crippen molar-refractivity contribution >= 4 is 0 Å². The maximum absolute atomic E-state index is 9.00. The van der Waals surface area contributed by atoms with Crippen LogP contribution in [0.3, 0.4) is 0 Å². The number of aliphatic hydroxyl groups is 1. The summed E-state index contributed by atoms with van der Waals surface area (Å²) in [6, 6.07) is 0.639. The van der Waals surface area contributed by atoms with Gasteiger partial charge in [0.25, 0.3) is 0 Å². The highest BCUT2D eigenvalue weighted by molar-refractivity contribution is 4.79. The van der Waals surface area contributed by atoms with Gasteiger partial charge in [-0.1, -0.05) is 0 Å². The van der Waals surface area contributed by atoms with Crippen LogP contribution in [0, 0.1) is 5.92 Å². The molecule has 1 fully saturated rings. The van der Waals surface area contributed by atoms with Crippen LogP contribution in [-0.4, -0.2) is 41.8 Å². The van der Waals surface area contributed by atoms with E-state index in [4.69, 9.17) is 10.8 Å². The van der Waals surface area contributed by atoms with E-state index in [-0.39, 0.29) is 6.61 Å². The summed E-state index contributed by atoms with van der Waals surface area (Å²) in [6.45, 7) is 6.62. The normalized spacial score (nSPS) is 25.8. The number of nitrogens with two attached hydrogens (primary N) is 1. The lowest BCUT2D eigenvalue weighted by Gasteiger charge is -2.36. The minimum Gasteiger partial charge on any atom is -0.395 e. The zero-order chi connectivity index (χ0) is 9.84. The van der Waals surface area contributed by atoms with Gasteiger partial charge in [-0.2, -0.15) is 0 Å². The summed E-state index contributed by atoms with van der Waals surface area (Å²) in [6.07, 6.45) is 2.37. The molecule has 0 spiro atoms. The Bertz CT molecular complexity index is 142. The van der Waals surface area contributed by atoms with Crippen molar-refractivity contribution in [3.8, 4) is 0 Å². The van der Waals surface area contributed by atoms with Gasteiger partial charge in [-0.05, 0) is 45.7 Å². The zero-order valence-corrected chi connectivity index (χ0v) is 8.74. The number of piperidine rings is 1. The molecule has 13 heavy (non-hydrogen) atoms. The lowest BCUT2D eigenvalue weighted by Crippen LogP contribution is -2.44. The molecule has 1 saturated heterocycles. The van der Waals surface area contributed by atoms with Gasteiger partial charge < -0.3 is 10.8 Å². The average molecular weight is 186 g/mol. The first-order valence-electron chi connectivity index (χ1n) is 5.25. The molecule has 1 aliphatic heterocycles. The van der Waals surface area contributed by atoms with Gasteiger partial charge in [-0.15, -0.1) is 0 Å². The Morgan fingerprint density at radius 3 is 2.31 bits per heavy atom. The van der Waals surface area contributed by atoms with E-state index in [1.165, 1.54) is 12.8 Å². The molecule has 0 aromatic carbocycles. The van der Waals surface area contributed by atoms with Gasteiger partial charge >= 0.3 is 0 Å². The fourth-order valence-electron chi connectivity index (χ4n) is 2.00. The van der Waals surface area contributed by atoms with E-state index in [0.717, 1.165) is 13.1 Å². The summed E-state index contributed by atoms with van der Waals surface area (Å²) in [5, 5.41) is 9.00. The molecule has 0 aliphatic carbocycles. The molecular weight excluding hydrogens is 164 g/mol. The van der Waals surface area contributed by atoms with Gasteiger partial charge in [0.05, 0.1) is 6.61 Å². The van der Waals surface area contributed by atoms with Crippen molar-refractivity contribution in [1.82, 2.24) is 4.90 Å². The minimum atomic E-state index is 0.267. The fraction of sp³-hybridized carbons (Fsp3) is 1.00. The molecule has 2 unspecified atom stereocenters. The maximum atomic E-state index is 9.00. The van der Waals surface area contributed by atoms with Crippen molar-refractivity contribution in [3.05, 3.63) is 0 Å². The Kier molecular flexibility index (Phi) is 4.16. The molecule has 0 aromatic heterocycles. The highest BCUT2D eigenvalue weighted by Gasteiger charge is 2.23. The van der Waals surface area contributed by atoms with Crippen LogP contribution in [0.15, 0.2) is 0 Å². The van der Waals surface area contributed by atoms with E-state index in [1.807, 2.05) is 0 Å². The number of rotatable bonds is 3. The average Bonchev–Trinajstić information content (AvgIpc) is 2.17. The molecule has 0 bridgehead atoms. The number of hydrogen-bond acceptors (Lipinski definition) is 3. The molecule has 3 N–H and O–H groups in total. The predicted octanol–water partition coefficient (Wildman–Crippen LogP) is 0.426. The topological polar surface area (TPSA) is 49.5 Å². The number of hydrogen-bond donors (Lipinski definition) is 2. The molecule has 1 aliphatic rings. The number of aliphatic hydroxyl groups excluding tert-OH is 1. The Hall–Kier alpha value is -0.120. The van der Waals surface area contributed by atoms with Crippen molar-refractivity contribution in [2.24, 2.45) is 11.7 Å². The Labute approximate surface area is 80.9 Å². The predicted molar refractivity (Wildman–Crippen MR) is 54.5 cm³/mol. The Morgan fingerprint density at radius 1 is 1.38 bits per heavy atom. The third-order valence-electron chi connectivity index (χ3n) is 3.21. The highest BCUT2D eigenvalue weighted by Crippen LogP contribution is 2.20. The van der Waals surface area contributed by atoms with Crippen LogP contribution >= 0.6 is 0 Å². The van der Waals surface area contributed by atoms with Crippen molar-refractivity contribution in [2.75, 3.05) is 19.7 Å². The van der Waals surface area contributed by atoms with Gasteiger partial charge in [0, 0.05) is 12.1 Å². The third-order valence-corrected chi connectivity index (χ3v) is 3.21. The molecule has 0 saturated carbocycles. The molecule has 3 nitrogen and oxygen atoms in total. The van der Waals surface area contributed by atoms with E-state index in [1.54, 1.807) is 0 Å². The van der Waals surface area contributed by atoms with E-state index < -0.39 is 0 Å². The summed E-state index contributed by atoms with van der Waals surface area (Å²) < 4.78 is 0. The largest absolute Gasteiger partial charge is 0.395 e. The van der Waals surface area contributed by atoms with Gasteiger partial charge in [0.1, 0.15) is 0 Å². The standard InChI is InChI=1S/C10H22N2O/c1-8(7-13)12-5-3-10(4-6-12)9(2)11/h8-10,13H,3-7,11H2,1-2H3. The molecule has 0 amide bonds. The molecule has 2 atom stereocenters. The Balaban J connectivity index is 2.30. The molecule has 0 radical (unpaired) electrons. The van der Waals surface area contributed by atoms with E-state index in [2.05, 4.69) is 18.7 Å². The summed E-state index contributed by atoms with van der Waals surface area (Å²) in [5.41, 5.74) is 5.85. The van der Waals surface area contributed by atoms with Crippen molar-refractivity contribution in [1.29, 1.82) is 0 Å². The van der Waals surface area contributed by atoms with Crippen LogP contribution in [0.2, 0.25) is 0 Å². The van der Waals surface area contributed by atoms with E-state index in [9.17, 15) is 0 Å². The lowest BCUT2D eigenvalue weighted by molar-refractivity contribution is 0.0918. The van der Waals surface area contributed by atoms with Gasteiger partial charge in [0.2, 0.25) is 0 Å². The molecular formula is C10H22N2O. The van der Waals surface area contributed by atoms with E-state index in [0.29, 0.717) is 18.0 Å². The quantitative estimate of drug-likeness (QED) is 0.672. The van der Waals surface area contributed by atoms with Gasteiger partial charge in [0.15, 0.2) is 0 Å². The zero-order valence-electron chi connectivity index (χ0n) is 8.74. The van der Waals surface area contributed by atoms with Crippen molar-refractivity contribution < 1.29 is 5.11 Å². The SMILES string of the molecule is CC(N)C1CCN(C(C)CO)CC1.